The monoisotopic (exact) mass is 400 g/mol. The molecule has 0 saturated carbocycles. The third kappa shape index (κ3) is 3.52. The Morgan fingerprint density at radius 3 is 2.37 bits per heavy atom. The number of fused-ring (bicyclic) bond motifs is 1. The number of carbonyl (C=O) groups excluding carboxylic acids is 1. The van der Waals surface area contributed by atoms with Crippen molar-refractivity contribution >= 4 is 22.6 Å². The smallest absolute Gasteiger partial charge is 0.256 e. The third-order valence-corrected chi connectivity index (χ3v) is 5.27. The Labute approximate surface area is 175 Å². The molecule has 0 fully saturated rings. The number of hydrogen-bond donors (Lipinski definition) is 1. The minimum Gasteiger partial charge on any atom is -0.497 e. The molecule has 0 atom stereocenters. The van der Waals surface area contributed by atoms with Gasteiger partial charge in [0.05, 0.1) is 29.4 Å². The Kier molecular flexibility index (Phi) is 4.99. The van der Waals surface area contributed by atoms with Crippen LogP contribution in [0.15, 0.2) is 48.5 Å². The van der Waals surface area contributed by atoms with Crippen molar-refractivity contribution in [3.63, 3.8) is 0 Å². The maximum Gasteiger partial charge on any atom is 0.256 e. The first-order valence-electron chi connectivity index (χ1n) is 9.77. The van der Waals surface area contributed by atoms with Crippen molar-refractivity contribution in [3.8, 4) is 11.4 Å². The normalized spacial score (nSPS) is 11.0. The minimum atomic E-state index is -0.175. The fourth-order valence-electron chi connectivity index (χ4n) is 3.51. The second-order valence-electron chi connectivity index (χ2n) is 7.46. The lowest BCUT2D eigenvalue weighted by Crippen LogP contribution is -2.13. The quantitative estimate of drug-likeness (QED) is 0.528. The number of rotatable bonds is 4. The molecule has 0 bridgehead atoms. The molecule has 0 spiro atoms. The van der Waals surface area contributed by atoms with Gasteiger partial charge >= 0.3 is 0 Å². The predicted octanol–water partition coefficient (Wildman–Crippen LogP) is 4.92. The number of ether oxygens (including phenoxy) is 1. The topological polar surface area (TPSA) is 69.0 Å². The number of hydrogen-bond acceptors (Lipinski definition) is 4. The highest BCUT2D eigenvalue weighted by molar-refractivity contribution is 6.12. The molecule has 0 aliphatic heterocycles. The highest BCUT2D eigenvalue weighted by Gasteiger charge is 2.20. The molecule has 1 N–H and O–H groups in total. The molecule has 6 heteroatoms. The number of aryl methyl sites for hydroxylation is 4. The Bertz CT molecular complexity index is 1260. The van der Waals surface area contributed by atoms with Gasteiger partial charge in [0, 0.05) is 11.4 Å². The van der Waals surface area contributed by atoms with Crippen molar-refractivity contribution in [2.45, 2.75) is 27.7 Å². The largest absolute Gasteiger partial charge is 0.497 e. The molecule has 4 aromatic rings. The van der Waals surface area contributed by atoms with Crippen LogP contribution in [0.1, 0.15) is 32.9 Å². The molecule has 2 heterocycles. The summed E-state index contributed by atoms with van der Waals surface area (Å²) in [5.41, 5.74) is 6.66. The highest BCUT2D eigenvalue weighted by Crippen LogP contribution is 2.26. The summed E-state index contributed by atoms with van der Waals surface area (Å²) in [6.45, 7) is 7.86. The molecule has 6 nitrogen and oxygen atoms in total. The fraction of sp³-hybridized carbons (Fsp3) is 0.208. The SMILES string of the molecule is COc1ccc(-n2nc(C)c3c(C(=O)Nc4ccc(C)c(C)c4)cc(C)nc32)cc1. The zero-order chi connectivity index (χ0) is 21.4. The van der Waals surface area contributed by atoms with Crippen molar-refractivity contribution in [2.24, 2.45) is 0 Å². The lowest BCUT2D eigenvalue weighted by molar-refractivity contribution is 0.102. The molecule has 0 radical (unpaired) electrons. The first-order chi connectivity index (χ1) is 14.4. The molecule has 4 rings (SSSR count). The van der Waals surface area contributed by atoms with Crippen LogP contribution in [0.25, 0.3) is 16.7 Å². The number of aromatic nitrogens is 3. The van der Waals surface area contributed by atoms with E-state index in [1.54, 1.807) is 11.8 Å². The molecule has 0 aliphatic rings. The van der Waals surface area contributed by atoms with Crippen LogP contribution < -0.4 is 10.1 Å². The van der Waals surface area contributed by atoms with Gasteiger partial charge in [0.25, 0.3) is 5.91 Å². The van der Waals surface area contributed by atoms with E-state index >= 15 is 0 Å². The number of pyridine rings is 1. The summed E-state index contributed by atoms with van der Waals surface area (Å²) < 4.78 is 7.01. The van der Waals surface area contributed by atoms with Gasteiger partial charge in [-0.05, 0) is 81.3 Å². The molecule has 2 aromatic heterocycles. The molecular formula is C24H24N4O2. The van der Waals surface area contributed by atoms with Gasteiger partial charge < -0.3 is 10.1 Å². The zero-order valence-corrected chi connectivity index (χ0v) is 17.8. The first kappa shape index (κ1) is 19.6. The summed E-state index contributed by atoms with van der Waals surface area (Å²) >= 11 is 0. The van der Waals surface area contributed by atoms with Crippen molar-refractivity contribution in [1.29, 1.82) is 0 Å². The van der Waals surface area contributed by atoms with Gasteiger partial charge in [0.2, 0.25) is 0 Å². The maximum absolute atomic E-state index is 13.2. The number of nitrogens with zero attached hydrogens (tertiary/aromatic N) is 3. The van der Waals surface area contributed by atoms with Crippen molar-refractivity contribution in [1.82, 2.24) is 14.8 Å². The second kappa shape index (κ2) is 7.63. The van der Waals surface area contributed by atoms with Gasteiger partial charge in [-0.25, -0.2) is 9.67 Å². The standard InChI is InChI=1S/C24H24N4O2/c1-14-6-7-18(12-15(14)2)26-24(29)21-13-16(3)25-23-22(21)17(4)27-28(23)19-8-10-20(30-5)11-9-19/h6-13H,1-5H3,(H,26,29). The van der Waals surface area contributed by atoms with Crippen LogP contribution in [0, 0.1) is 27.7 Å². The molecule has 0 saturated heterocycles. The average Bonchev–Trinajstić information content (AvgIpc) is 3.06. The number of nitrogens with one attached hydrogen (secondary N) is 1. The summed E-state index contributed by atoms with van der Waals surface area (Å²) in [4.78, 5) is 17.8. The minimum absolute atomic E-state index is 0.175. The lowest BCUT2D eigenvalue weighted by Gasteiger charge is -2.10. The van der Waals surface area contributed by atoms with E-state index in [4.69, 9.17) is 4.74 Å². The molecule has 1 amide bonds. The predicted molar refractivity (Wildman–Crippen MR) is 119 cm³/mol. The number of amides is 1. The molecule has 30 heavy (non-hydrogen) atoms. The highest BCUT2D eigenvalue weighted by atomic mass is 16.5. The van der Waals surface area contributed by atoms with Crippen LogP contribution in [0.4, 0.5) is 5.69 Å². The van der Waals surface area contributed by atoms with E-state index in [2.05, 4.69) is 15.4 Å². The van der Waals surface area contributed by atoms with Gasteiger partial charge in [-0.1, -0.05) is 6.07 Å². The fourth-order valence-corrected chi connectivity index (χ4v) is 3.51. The van der Waals surface area contributed by atoms with Crippen LogP contribution in [-0.4, -0.2) is 27.8 Å². The van der Waals surface area contributed by atoms with E-state index in [0.29, 0.717) is 11.2 Å². The molecule has 0 unspecified atom stereocenters. The van der Waals surface area contributed by atoms with E-state index in [0.717, 1.165) is 39.5 Å². The van der Waals surface area contributed by atoms with Crippen LogP contribution in [0.2, 0.25) is 0 Å². The van der Waals surface area contributed by atoms with Gasteiger partial charge in [-0.15, -0.1) is 0 Å². The average molecular weight is 400 g/mol. The molecule has 152 valence electrons. The van der Waals surface area contributed by atoms with Crippen LogP contribution >= 0.6 is 0 Å². The van der Waals surface area contributed by atoms with E-state index in [-0.39, 0.29) is 5.91 Å². The van der Waals surface area contributed by atoms with E-state index in [1.165, 1.54) is 5.56 Å². The second-order valence-corrected chi connectivity index (χ2v) is 7.46. The maximum atomic E-state index is 13.2. The van der Waals surface area contributed by atoms with Gasteiger partial charge in [-0.2, -0.15) is 5.10 Å². The van der Waals surface area contributed by atoms with Crippen LogP contribution in [-0.2, 0) is 0 Å². The summed E-state index contributed by atoms with van der Waals surface area (Å²) in [6.07, 6.45) is 0. The van der Waals surface area contributed by atoms with Crippen LogP contribution in [0.3, 0.4) is 0 Å². The number of benzene rings is 2. The summed E-state index contributed by atoms with van der Waals surface area (Å²) in [7, 11) is 1.63. The van der Waals surface area contributed by atoms with Gasteiger partial charge in [-0.3, -0.25) is 4.79 Å². The number of anilines is 1. The van der Waals surface area contributed by atoms with E-state index < -0.39 is 0 Å². The number of methoxy groups -OCH3 is 1. The molecular weight excluding hydrogens is 376 g/mol. The number of carbonyl (C=O) groups is 1. The Morgan fingerprint density at radius 2 is 1.70 bits per heavy atom. The Balaban J connectivity index is 1.79. The summed E-state index contributed by atoms with van der Waals surface area (Å²) in [5.74, 6) is 0.593. The third-order valence-electron chi connectivity index (χ3n) is 5.27. The Hall–Kier alpha value is -3.67. The van der Waals surface area contributed by atoms with E-state index in [1.807, 2.05) is 76.2 Å². The first-order valence-corrected chi connectivity index (χ1v) is 9.77. The zero-order valence-electron chi connectivity index (χ0n) is 17.8. The van der Waals surface area contributed by atoms with Crippen molar-refractivity contribution < 1.29 is 9.53 Å². The summed E-state index contributed by atoms with van der Waals surface area (Å²) in [6, 6.07) is 15.3. The van der Waals surface area contributed by atoms with Gasteiger partial charge in [0.15, 0.2) is 5.65 Å². The molecule has 0 aliphatic carbocycles. The van der Waals surface area contributed by atoms with E-state index in [9.17, 15) is 4.79 Å². The van der Waals surface area contributed by atoms with Crippen molar-refractivity contribution in [2.75, 3.05) is 12.4 Å². The Morgan fingerprint density at radius 1 is 0.967 bits per heavy atom. The molecule has 2 aromatic carbocycles. The van der Waals surface area contributed by atoms with Crippen LogP contribution in [0.5, 0.6) is 5.75 Å². The van der Waals surface area contributed by atoms with Gasteiger partial charge in [0.1, 0.15) is 5.75 Å². The lowest BCUT2D eigenvalue weighted by atomic mass is 10.1. The summed E-state index contributed by atoms with van der Waals surface area (Å²) in [5, 5.41) is 8.43. The van der Waals surface area contributed by atoms with Crippen molar-refractivity contribution in [3.05, 3.63) is 76.6 Å².